The third-order valence-electron chi connectivity index (χ3n) is 3.78. The molecule has 30 heavy (non-hydrogen) atoms. The van der Waals surface area contributed by atoms with Crippen molar-refractivity contribution >= 4 is 29.3 Å². The summed E-state index contributed by atoms with van der Waals surface area (Å²) in [6.07, 6.45) is 5.08. The summed E-state index contributed by atoms with van der Waals surface area (Å²) in [5, 5.41) is 5.98. The van der Waals surface area contributed by atoms with E-state index in [0.717, 1.165) is 4.90 Å². The maximum Gasteiger partial charge on any atom is 0.297 e. The third kappa shape index (κ3) is 7.41. The van der Waals surface area contributed by atoms with Crippen molar-refractivity contribution in [1.29, 1.82) is 0 Å². The number of amides is 1. The van der Waals surface area contributed by atoms with E-state index < -0.39 is 5.91 Å². The minimum atomic E-state index is -0.570. The van der Waals surface area contributed by atoms with Gasteiger partial charge in [-0.3, -0.25) is 4.79 Å². The largest absolute Gasteiger partial charge is 0.457 e. The van der Waals surface area contributed by atoms with E-state index in [-0.39, 0.29) is 17.6 Å². The second kappa shape index (κ2) is 11.8. The predicted octanol–water partition coefficient (Wildman–Crippen LogP) is 3.27. The molecule has 0 aliphatic carbocycles. The quantitative estimate of drug-likeness (QED) is 0.300. The molecule has 8 nitrogen and oxygen atoms in total. The Labute approximate surface area is 181 Å². The highest BCUT2D eigenvalue weighted by atomic mass is 32.2. The Hall–Kier alpha value is -3.04. The number of nitrogens with zero attached hydrogens (tertiary/aromatic N) is 2. The fourth-order valence-corrected chi connectivity index (χ4v) is 2.86. The molecule has 160 valence electrons. The van der Waals surface area contributed by atoms with E-state index in [1.807, 2.05) is 37.4 Å². The van der Waals surface area contributed by atoms with Crippen LogP contribution in [0.15, 0.2) is 58.6 Å². The number of hydrogen-bond donors (Lipinski definition) is 3. The van der Waals surface area contributed by atoms with E-state index in [1.54, 1.807) is 38.2 Å². The molecule has 9 heteroatoms. The lowest BCUT2D eigenvalue weighted by atomic mass is 10.3. The van der Waals surface area contributed by atoms with Crippen molar-refractivity contribution in [2.24, 2.45) is 10.7 Å². The van der Waals surface area contributed by atoms with Crippen molar-refractivity contribution in [2.75, 3.05) is 32.3 Å². The lowest BCUT2D eigenvalue weighted by Crippen LogP contribution is -2.22. The first-order valence-electron chi connectivity index (χ1n) is 9.27. The van der Waals surface area contributed by atoms with Crippen molar-refractivity contribution in [3.8, 4) is 11.5 Å². The lowest BCUT2D eigenvalue weighted by Gasteiger charge is -2.15. The molecule has 0 saturated heterocycles. The van der Waals surface area contributed by atoms with Crippen molar-refractivity contribution in [3.63, 3.8) is 0 Å². The number of carbonyl (C=O) groups is 1. The number of thioether (sulfide) groups is 1. The number of anilines is 1. The number of amidine groups is 1. The normalized spacial score (nSPS) is 12.6. The number of aliphatic imine (C=N–C) groups is 1. The first-order valence-corrected chi connectivity index (χ1v) is 10.5. The Balaban J connectivity index is 2.33. The maximum absolute atomic E-state index is 12.6. The first kappa shape index (κ1) is 23.2. The SMILES string of the molecule is CN/C=C\C(N)=NC(=O)c1cc(Oc2ccc(SC)cc2)cc(NC(C)COC)n1. The van der Waals surface area contributed by atoms with Gasteiger partial charge in [0.15, 0.2) is 0 Å². The number of ether oxygens (including phenoxy) is 2. The predicted molar refractivity (Wildman–Crippen MR) is 122 cm³/mol. The number of nitrogens with two attached hydrogens (primary N) is 1. The zero-order valence-corrected chi connectivity index (χ0v) is 18.3. The molecule has 1 unspecified atom stereocenters. The molecular weight excluding hydrogens is 402 g/mol. The molecular formula is C21H27N5O3S. The van der Waals surface area contributed by atoms with E-state index in [4.69, 9.17) is 15.2 Å². The molecule has 2 aromatic rings. The van der Waals surface area contributed by atoms with Gasteiger partial charge in [-0.2, -0.15) is 4.99 Å². The molecule has 0 spiro atoms. The fraction of sp³-hybridized carbons (Fsp3) is 0.286. The van der Waals surface area contributed by atoms with Crippen LogP contribution in [-0.2, 0) is 4.74 Å². The molecule has 2 rings (SSSR count). The second-order valence-corrected chi connectivity index (χ2v) is 7.20. The van der Waals surface area contributed by atoms with Gasteiger partial charge in [0.25, 0.3) is 5.91 Å². The molecule has 0 aliphatic heterocycles. The van der Waals surface area contributed by atoms with E-state index in [2.05, 4.69) is 20.6 Å². The van der Waals surface area contributed by atoms with Gasteiger partial charge in [0.05, 0.1) is 6.61 Å². The molecule has 1 heterocycles. The van der Waals surface area contributed by atoms with Crippen molar-refractivity contribution in [2.45, 2.75) is 17.9 Å². The molecule has 1 aromatic carbocycles. The molecule has 4 N–H and O–H groups in total. The second-order valence-electron chi connectivity index (χ2n) is 6.32. The van der Waals surface area contributed by atoms with Crippen LogP contribution < -0.4 is 21.1 Å². The van der Waals surface area contributed by atoms with Crippen LogP contribution in [0.4, 0.5) is 5.82 Å². The summed E-state index contributed by atoms with van der Waals surface area (Å²) >= 11 is 1.65. The van der Waals surface area contributed by atoms with Crippen molar-refractivity contribution in [1.82, 2.24) is 10.3 Å². The highest BCUT2D eigenvalue weighted by Gasteiger charge is 2.13. The average molecular weight is 430 g/mol. The summed E-state index contributed by atoms with van der Waals surface area (Å²) < 4.78 is 11.1. The molecule has 0 saturated carbocycles. The van der Waals surface area contributed by atoms with Crippen LogP contribution in [0.25, 0.3) is 0 Å². The number of pyridine rings is 1. The molecule has 1 atom stereocenters. The summed E-state index contributed by atoms with van der Waals surface area (Å²) in [5.74, 6) is 1.07. The van der Waals surface area contributed by atoms with Crippen LogP contribution in [0, 0.1) is 0 Å². The van der Waals surface area contributed by atoms with Crippen LogP contribution in [0.2, 0.25) is 0 Å². The Kier molecular flexibility index (Phi) is 9.17. The Morgan fingerprint density at radius 2 is 2.03 bits per heavy atom. The van der Waals surface area contributed by atoms with Crippen LogP contribution in [0.5, 0.6) is 11.5 Å². The lowest BCUT2D eigenvalue weighted by molar-refractivity contribution is 0.0998. The monoisotopic (exact) mass is 429 g/mol. The maximum atomic E-state index is 12.6. The Morgan fingerprint density at radius 1 is 1.30 bits per heavy atom. The van der Waals surface area contributed by atoms with Crippen molar-refractivity contribution in [3.05, 3.63) is 54.4 Å². The summed E-state index contributed by atoms with van der Waals surface area (Å²) in [4.78, 5) is 21.9. The van der Waals surface area contributed by atoms with Gasteiger partial charge in [0, 0.05) is 37.2 Å². The van der Waals surface area contributed by atoms with Crippen LogP contribution >= 0.6 is 11.8 Å². The van der Waals surface area contributed by atoms with E-state index in [0.29, 0.717) is 23.9 Å². The summed E-state index contributed by atoms with van der Waals surface area (Å²) in [6, 6.07) is 10.9. The topological polar surface area (TPSA) is 111 Å². The van der Waals surface area contributed by atoms with Gasteiger partial charge in [-0.15, -0.1) is 11.8 Å². The first-order chi connectivity index (χ1) is 14.4. The smallest absolute Gasteiger partial charge is 0.297 e. The minimum Gasteiger partial charge on any atom is -0.457 e. The number of methoxy groups -OCH3 is 1. The molecule has 0 fully saturated rings. The minimum absolute atomic E-state index is 0.0197. The molecule has 1 amide bonds. The van der Waals surface area contributed by atoms with E-state index >= 15 is 0 Å². The summed E-state index contributed by atoms with van der Waals surface area (Å²) in [6.45, 7) is 2.42. The van der Waals surface area contributed by atoms with Crippen LogP contribution in [0.3, 0.4) is 0 Å². The third-order valence-corrected chi connectivity index (χ3v) is 4.52. The number of benzene rings is 1. The van der Waals surface area contributed by atoms with Gasteiger partial charge in [-0.05, 0) is 49.7 Å². The van der Waals surface area contributed by atoms with Gasteiger partial charge in [0.2, 0.25) is 0 Å². The number of aromatic nitrogens is 1. The molecule has 1 aromatic heterocycles. The Bertz CT molecular complexity index is 900. The van der Waals surface area contributed by atoms with Gasteiger partial charge in [-0.25, -0.2) is 4.98 Å². The van der Waals surface area contributed by atoms with Gasteiger partial charge in [-0.1, -0.05) is 0 Å². The highest BCUT2D eigenvalue weighted by Crippen LogP contribution is 2.27. The van der Waals surface area contributed by atoms with Crippen molar-refractivity contribution < 1.29 is 14.3 Å². The number of carbonyl (C=O) groups excluding carboxylic acids is 1. The molecule has 0 bridgehead atoms. The van der Waals surface area contributed by atoms with Gasteiger partial charge >= 0.3 is 0 Å². The standard InChI is InChI=1S/C21H27N5O3S/c1-14(13-28-3)24-20-12-16(29-15-5-7-17(30-4)8-6-15)11-18(25-20)21(27)26-19(22)9-10-23-2/h5-12,14,23H,13H2,1-4H3,(H,24,25)(H2,22,26,27)/b10-9-. The zero-order valence-electron chi connectivity index (χ0n) is 17.5. The Morgan fingerprint density at radius 3 is 2.67 bits per heavy atom. The molecule has 0 aliphatic rings. The average Bonchev–Trinajstić information content (AvgIpc) is 2.72. The van der Waals surface area contributed by atoms with Crippen LogP contribution in [0.1, 0.15) is 17.4 Å². The zero-order chi connectivity index (χ0) is 21.9. The number of hydrogen-bond acceptors (Lipinski definition) is 7. The molecule has 0 radical (unpaired) electrons. The van der Waals surface area contributed by atoms with E-state index in [1.165, 1.54) is 12.1 Å². The fourth-order valence-electron chi connectivity index (χ4n) is 2.45. The van der Waals surface area contributed by atoms with E-state index in [9.17, 15) is 4.79 Å². The van der Waals surface area contributed by atoms with Gasteiger partial charge < -0.3 is 25.8 Å². The summed E-state index contributed by atoms with van der Waals surface area (Å²) in [5.41, 5.74) is 5.87. The van der Waals surface area contributed by atoms with Gasteiger partial charge in [0.1, 0.15) is 28.8 Å². The number of nitrogens with one attached hydrogen (secondary N) is 2. The highest BCUT2D eigenvalue weighted by molar-refractivity contribution is 7.98. The summed E-state index contributed by atoms with van der Waals surface area (Å²) in [7, 11) is 3.34. The van der Waals surface area contributed by atoms with Crippen LogP contribution in [-0.4, -0.2) is 49.8 Å². The number of rotatable bonds is 10.